The van der Waals surface area contributed by atoms with Gasteiger partial charge in [0.1, 0.15) is 0 Å². The van der Waals surface area contributed by atoms with E-state index in [9.17, 15) is 0 Å². The molecule has 0 saturated heterocycles. The minimum atomic E-state index is 0.492. The number of rotatable bonds is 6. The van der Waals surface area contributed by atoms with Crippen molar-refractivity contribution in [3.8, 4) is 0 Å². The average Bonchev–Trinajstić information content (AvgIpc) is 2.63. The van der Waals surface area contributed by atoms with Crippen molar-refractivity contribution in [3.63, 3.8) is 0 Å². The van der Waals surface area contributed by atoms with Crippen molar-refractivity contribution < 1.29 is 0 Å². The average molecular weight is 347 g/mol. The molecule has 3 heteroatoms. The Morgan fingerprint density at radius 3 is 2.08 bits per heavy atom. The summed E-state index contributed by atoms with van der Waals surface area (Å²) in [5.74, 6) is 1.94. The molecule has 2 aliphatic rings. The zero-order chi connectivity index (χ0) is 16.8. The molecule has 2 nitrogen and oxygen atoms in total. The lowest BCUT2D eigenvalue weighted by Crippen LogP contribution is -2.33. The molecule has 2 saturated carbocycles. The van der Waals surface area contributed by atoms with Gasteiger partial charge in [-0.1, -0.05) is 12.1 Å². The SMILES string of the molecule is CSc1ccc(CNC2CCC(CC3CCC(N)CC3)CC2)cc1. The Morgan fingerprint density at radius 2 is 1.50 bits per heavy atom. The number of nitrogens with two attached hydrogens (primary N) is 1. The first-order valence-electron chi connectivity index (χ1n) is 9.85. The maximum absolute atomic E-state index is 6.04. The van der Waals surface area contributed by atoms with Crippen LogP contribution in [0.25, 0.3) is 0 Å². The zero-order valence-electron chi connectivity index (χ0n) is 15.2. The van der Waals surface area contributed by atoms with Gasteiger partial charge in [0.25, 0.3) is 0 Å². The van der Waals surface area contributed by atoms with Crippen LogP contribution in [0.3, 0.4) is 0 Å². The molecular formula is C21H34N2S. The molecule has 3 rings (SSSR count). The lowest BCUT2D eigenvalue weighted by Gasteiger charge is -2.33. The van der Waals surface area contributed by atoms with Crippen molar-refractivity contribution in [3.05, 3.63) is 29.8 Å². The summed E-state index contributed by atoms with van der Waals surface area (Å²) in [6, 6.07) is 10.2. The summed E-state index contributed by atoms with van der Waals surface area (Å²) in [6.45, 7) is 1.02. The maximum atomic E-state index is 6.04. The minimum absolute atomic E-state index is 0.492. The molecule has 24 heavy (non-hydrogen) atoms. The van der Waals surface area contributed by atoms with Gasteiger partial charge < -0.3 is 11.1 Å². The van der Waals surface area contributed by atoms with Gasteiger partial charge >= 0.3 is 0 Å². The van der Waals surface area contributed by atoms with Gasteiger partial charge in [0.05, 0.1) is 0 Å². The van der Waals surface area contributed by atoms with Gasteiger partial charge in [0, 0.05) is 23.5 Å². The van der Waals surface area contributed by atoms with Crippen molar-refractivity contribution in [2.45, 2.75) is 81.3 Å². The van der Waals surface area contributed by atoms with Crippen LogP contribution in [0.15, 0.2) is 29.2 Å². The van der Waals surface area contributed by atoms with E-state index in [0.717, 1.165) is 24.4 Å². The fourth-order valence-corrected chi connectivity index (χ4v) is 4.91. The first-order chi connectivity index (χ1) is 11.7. The fourth-order valence-electron chi connectivity index (χ4n) is 4.50. The maximum Gasteiger partial charge on any atom is 0.0208 e. The fraction of sp³-hybridized carbons (Fsp3) is 0.714. The van der Waals surface area contributed by atoms with Crippen molar-refractivity contribution in [1.82, 2.24) is 5.32 Å². The van der Waals surface area contributed by atoms with Crippen molar-refractivity contribution in [2.75, 3.05) is 6.26 Å². The van der Waals surface area contributed by atoms with E-state index < -0.39 is 0 Å². The van der Waals surface area contributed by atoms with Crippen LogP contribution in [0.2, 0.25) is 0 Å². The number of thioether (sulfide) groups is 1. The monoisotopic (exact) mass is 346 g/mol. The van der Waals surface area contributed by atoms with Crippen molar-refractivity contribution >= 4 is 11.8 Å². The Balaban J connectivity index is 1.34. The molecule has 1 aromatic carbocycles. The van der Waals surface area contributed by atoms with Gasteiger partial charge in [-0.15, -0.1) is 11.8 Å². The molecule has 0 aliphatic heterocycles. The molecule has 1 aromatic rings. The quantitative estimate of drug-likeness (QED) is 0.715. The van der Waals surface area contributed by atoms with E-state index in [-0.39, 0.29) is 0 Å². The largest absolute Gasteiger partial charge is 0.328 e. The normalized spacial score (nSPS) is 31.1. The highest BCUT2D eigenvalue weighted by molar-refractivity contribution is 7.98. The Labute approximate surface area is 152 Å². The van der Waals surface area contributed by atoms with E-state index in [1.54, 1.807) is 0 Å². The van der Waals surface area contributed by atoms with Gasteiger partial charge in [-0.2, -0.15) is 0 Å². The number of benzene rings is 1. The molecule has 0 amide bonds. The molecule has 0 unspecified atom stereocenters. The molecule has 2 aliphatic carbocycles. The molecular weight excluding hydrogens is 312 g/mol. The van der Waals surface area contributed by atoms with Gasteiger partial charge in [0.2, 0.25) is 0 Å². The lowest BCUT2D eigenvalue weighted by molar-refractivity contribution is 0.214. The van der Waals surface area contributed by atoms with Crippen LogP contribution in [0.4, 0.5) is 0 Å². The third-order valence-corrected chi connectivity index (χ3v) is 6.90. The number of nitrogens with one attached hydrogen (secondary N) is 1. The van der Waals surface area contributed by atoms with Crippen LogP contribution in [-0.2, 0) is 6.54 Å². The van der Waals surface area contributed by atoms with Crippen LogP contribution < -0.4 is 11.1 Å². The minimum Gasteiger partial charge on any atom is -0.328 e. The molecule has 3 N–H and O–H groups in total. The lowest BCUT2D eigenvalue weighted by atomic mass is 9.76. The van der Waals surface area contributed by atoms with Crippen LogP contribution in [0.1, 0.15) is 63.4 Å². The Hall–Kier alpha value is -0.510. The van der Waals surface area contributed by atoms with Gasteiger partial charge in [0.15, 0.2) is 0 Å². The van der Waals surface area contributed by atoms with E-state index in [1.807, 2.05) is 11.8 Å². The number of hydrogen-bond acceptors (Lipinski definition) is 3. The summed E-state index contributed by atoms with van der Waals surface area (Å²) >= 11 is 1.81. The summed E-state index contributed by atoms with van der Waals surface area (Å²) in [5, 5.41) is 3.78. The van der Waals surface area contributed by atoms with Crippen LogP contribution >= 0.6 is 11.8 Å². The highest BCUT2D eigenvalue weighted by Crippen LogP contribution is 2.35. The molecule has 0 atom stereocenters. The summed E-state index contributed by atoms with van der Waals surface area (Å²) in [4.78, 5) is 1.35. The molecule has 0 spiro atoms. The molecule has 0 bridgehead atoms. The summed E-state index contributed by atoms with van der Waals surface area (Å²) in [5.41, 5.74) is 7.45. The molecule has 0 aromatic heterocycles. The van der Waals surface area contributed by atoms with E-state index in [2.05, 4.69) is 35.8 Å². The summed E-state index contributed by atoms with van der Waals surface area (Å²) in [7, 11) is 0. The Morgan fingerprint density at radius 1 is 0.917 bits per heavy atom. The van der Waals surface area contributed by atoms with E-state index in [1.165, 1.54) is 68.2 Å². The summed E-state index contributed by atoms with van der Waals surface area (Å²) in [6.07, 6.45) is 14.4. The second kappa shape index (κ2) is 9.26. The highest BCUT2D eigenvalue weighted by Gasteiger charge is 2.25. The van der Waals surface area contributed by atoms with Crippen molar-refractivity contribution in [1.29, 1.82) is 0 Å². The molecule has 2 fully saturated rings. The van der Waals surface area contributed by atoms with E-state index in [0.29, 0.717) is 6.04 Å². The van der Waals surface area contributed by atoms with Gasteiger partial charge in [-0.25, -0.2) is 0 Å². The Bertz CT molecular complexity index is 471. The molecule has 0 heterocycles. The highest BCUT2D eigenvalue weighted by atomic mass is 32.2. The second-order valence-electron chi connectivity index (χ2n) is 7.96. The van der Waals surface area contributed by atoms with E-state index >= 15 is 0 Å². The molecule has 0 radical (unpaired) electrons. The van der Waals surface area contributed by atoms with Crippen molar-refractivity contribution in [2.24, 2.45) is 17.6 Å². The third kappa shape index (κ3) is 5.50. The first kappa shape index (κ1) is 18.3. The first-order valence-corrected chi connectivity index (χ1v) is 11.1. The summed E-state index contributed by atoms with van der Waals surface area (Å²) < 4.78 is 0. The predicted molar refractivity (Wildman–Crippen MR) is 105 cm³/mol. The topological polar surface area (TPSA) is 38.0 Å². The van der Waals surface area contributed by atoms with Crippen LogP contribution in [-0.4, -0.2) is 18.3 Å². The zero-order valence-corrected chi connectivity index (χ0v) is 16.0. The second-order valence-corrected chi connectivity index (χ2v) is 8.84. The smallest absolute Gasteiger partial charge is 0.0208 e. The van der Waals surface area contributed by atoms with Crippen LogP contribution in [0.5, 0.6) is 0 Å². The predicted octanol–water partition coefficient (Wildman–Crippen LogP) is 4.96. The van der Waals surface area contributed by atoms with Gasteiger partial charge in [-0.05, 0) is 93.6 Å². The van der Waals surface area contributed by atoms with Gasteiger partial charge in [-0.3, -0.25) is 0 Å². The molecule has 134 valence electrons. The standard InChI is InChI=1S/C21H34N2S/c1-24-21-12-6-18(7-13-21)15-23-20-10-4-17(5-11-20)14-16-2-8-19(22)9-3-16/h6-7,12-13,16-17,19-20,23H,2-5,8-11,14-15,22H2,1H3. The third-order valence-electron chi connectivity index (χ3n) is 6.16. The number of hydrogen-bond donors (Lipinski definition) is 2. The van der Waals surface area contributed by atoms with Crippen LogP contribution in [0, 0.1) is 11.8 Å². The van der Waals surface area contributed by atoms with E-state index in [4.69, 9.17) is 5.73 Å². The Kier molecular flexibility index (Phi) is 7.06.